The predicted octanol–water partition coefficient (Wildman–Crippen LogP) is 3.23. The highest BCUT2D eigenvalue weighted by molar-refractivity contribution is 5.89. The summed E-state index contributed by atoms with van der Waals surface area (Å²) in [6.07, 6.45) is 1.98. The summed E-state index contributed by atoms with van der Waals surface area (Å²) in [6, 6.07) is 11.1. The highest BCUT2D eigenvalue weighted by Crippen LogP contribution is 2.19. The molecular weight excluding hydrogens is 320 g/mol. The molecule has 1 saturated heterocycles. The predicted molar refractivity (Wildman–Crippen MR) is 94.0 cm³/mol. The second-order valence-electron chi connectivity index (χ2n) is 6.48. The van der Waals surface area contributed by atoms with Gasteiger partial charge in [0, 0.05) is 18.8 Å². The van der Waals surface area contributed by atoms with Crippen LogP contribution in [0, 0.1) is 5.92 Å². The fraction of sp³-hybridized carbons (Fsp3) is 0.421. The third-order valence-corrected chi connectivity index (χ3v) is 4.48. The number of aliphatic hydroxyl groups is 1. The number of carbonyl (C=O) groups excluding carboxylic acids is 1. The first-order chi connectivity index (χ1) is 12.1. The number of benzene rings is 1. The lowest BCUT2D eigenvalue weighted by molar-refractivity contribution is 0.0464. The summed E-state index contributed by atoms with van der Waals surface area (Å²) in [4.78, 5) is 14.0. The first-order valence-corrected chi connectivity index (χ1v) is 8.55. The number of nitrogens with one attached hydrogen (secondary N) is 1. The van der Waals surface area contributed by atoms with E-state index in [-0.39, 0.29) is 11.9 Å². The molecule has 25 heavy (non-hydrogen) atoms. The zero-order chi connectivity index (χ0) is 17.6. The molecule has 6 heteroatoms. The summed E-state index contributed by atoms with van der Waals surface area (Å²) >= 11 is 0. The number of nitrogens with zero attached hydrogens (tertiary/aromatic N) is 1. The molecule has 2 unspecified atom stereocenters. The number of carbonyl (C=O) groups is 1. The lowest BCUT2D eigenvalue weighted by Gasteiger charge is -2.34. The average molecular weight is 344 g/mol. The van der Waals surface area contributed by atoms with Gasteiger partial charge in [-0.15, -0.1) is 0 Å². The van der Waals surface area contributed by atoms with E-state index in [2.05, 4.69) is 5.32 Å². The molecule has 2 atom stereocenters. The molecule has 3 rings (SSSR count). The Morgan fingerprint density at radius 1 is 1.36 bits per heavy atom. The zero-order valence-electron chi connectivity index (χ0n) is 14.4. The van der Waals surface area contributed by atoms with E-state index in [1.54, 1.807) is 11.2 Å². The highest BCUT2D eigenvalue weighted by Gasteiger charge is 2.27. The van der Waals surface area contributed by atoms with Crippen LogP contribution in [0.4, 0.5) is 10.5 Å². The number of hydrogen-bond donors (Lipinski definition) is 2. The summed E-state index contributed by atoms with van der Waals surface area (Å²) in [5.41, 5.74) is 1.69. The molecule has 0 spiro atoms. The van der Waals surface area contributed by atoms with Crippen molar-refractivity contribution in [3.05, 3.63) is 54.0 Å². The lowest BCUT2D eigenvalue weighted by atomic mass is 9.96. The van der Waals surface area contributed by atoms with Crippen molar-refractivity contribution in [2.24, 2.45) is 5.92 Å². The third-order valence-electron chi connectivity index (χ3n) is 4.48. The number of ether oxygens (including phenoxy) is 1. The van der Waals surface area contributed by atoms with E-state index in [0.29, 0.717) is 26.3 Å². The Morgan fingerprint density at radius 2 is 2.24 bits per heavy atom. The van der Waals surface area contributed by atoms with Crippen molar-refractivity contribution in [2.45, 2.75) is 32.7 Å². The monoisotopic (exact) mass is 344 g/mol. The molecule has 2 heterocycles. The number of aliphatic hydroxyl groups excluding tert-OH is 1. The molecule has 1 aliphatic rings. The van der Waals surface area contributed by atoms with E-state index < -0.39 is 6.10 Å². The minimum Gasteiger partial charge on any atom is -0.467 e. The van der Waals surface area contributed by atoms with E-state index in [1.165, 1.54) is 0 Å². The van der Waals surface area contributed by atoms with Gasteiger partial charge in [-0.25, -0.2) is 4.79 Å². The van der Waals surface area contributed by atoms with Gasteiger partial charge in [0.2, 0.25) is 0 Å². The molecular formula is C19H24N2O4. The van der Waals surface area contributed by atoms with Crippen LogP contribution in [0.25, 0.3) is 0 Å². The van der Waals surface area contributed by atoms with E-state index in [0.717, 1.165) is 23.4 Å². The fourth-order valence-corrected chi connectivity index (χ4v) is 2.84. The van der Waals surface area contributed by atoms with Gasteiger partial charge >= 0.3 is 6.03 Å². The maximum Gasteiger partial charge on any atom is 0.321 e. The Bertz CT molecular complexity index is 686. The molecule has 2 aromatic rings. The molecule has 1 aliphatic heterocycles. The molecule has 134 valence electrons. The molecule has 1 aromatic heterocycles. The number of β-amino-alcohol motifs (C(OH)–C–C–N with tert-alkyl or cyclic N) is 1. The van der Waals surface area contributed by atoms with Gasteiger partial charge < -0.3 is 24.5 Å². The first kappa shape index (κ1) is 17.5. The highest BCUT2D eigenvalue weighted by atomic mass is 16.5. The maximum absolute atomic E-state index is 12.4. The van der Waals surface area contributed by atoms with Crippen molar-refractivity contribution in [3.8, 4) is 0 Å². The van der Waals surface area contributed by atoms with Crippen molar-refractivity contribution in [3.63, 3.8) is 0 Å². The SMILES string of the molecule is CC1CCN(C(=O)Nc2cccc(COCc3ccco3)c2)CC1O. The summed E-state index contributed by atoms with van der Waals surface area (Å²) in [5.74, 6) is 1.01. The van der Waals surface area contributed by atoms with Gasteiger partial charge in [-0.2, -0.15) is 0 Å². The summed E-state index contributed by atoms with van der Waals surface area (Å²) in [6.45, 7) is 3.89. The number of hydrogen-bond acceptors (Lipinski definition) is 4. The Hall–Kier alpha value is -2.31. The second-order valence-corrected chi connectivity index (χ2v) is 6.48. The zero-order valence-corrected chi connectivity index (χ0v) is 14.4. The van der Waals surface area contributed by atoms with Crippen LogP contribution in [0.3, 0.4) is 0 Å². The number of likely N-dealkylation sites (tertiary alicyclic amines) is 1. The minimum atomic E-state index is -0.458. The van der Waals surface area contributed by atoms with Crippen LogP contribution in [0.5, 0.6) is 0 Å². The Balaban J connectivity index is 1.51. The van der Waals surface area contributed by atoms with E-state index in [9.17, 15) is 9.90 Å². The summed E-state index contributed by atoms with van der Waals surface area (Å²) in [5, 5.41) is 12.8. The van der Waals surface area contributed by atoms with Gasteiger partial charge in [-0.3, -0.25) is 0 Å². The number of amides is 2. The van der Waals surface area contributed by atoms with Crippen LogP contribution in [-0.4, -0.2) is 35.2 Å². The van der Waals surface area contributed by atoms with Gasteiger partial charge in [0.05, 0.1) is 19.0 Å². The van der Waals surface area contributed by atoms with Crippen LogP contribution >= 0.6 is 0 Å². The average Bonchev–Trinajstić information content (AvgIpc) is 3.11. The normalized spacial score (nSPS) is 20.5. The van der Waals surface area contributed by atoms with Crippen LogP contribution < -0.4 is 5.32 Å². The molecule has 6 nitrogen and oxygen atoms in total. The minimum absolute atomic E-state index is 0.181. The summed E-state index contributed by atoms with van der Waals surface area (Å²) < 4.78 is 10.8. The molecule has 0 saturated carbocycles. The van der Waals surface area contributed by atoms with Gasteiger partial charge in [0.25, 0.3) is 0 Å². The van der Waals surface area contributed by atoms with Crippen molar-refractivity contribution >= 4 is 11.7 Å². The molecule has 2 N–H and O–H groups in total. The van der Waals surface area contributed by atoms with Gasteiger partial charge in [-0.05, 0) is 42.2 Å². The quantitative estimate of drug-likeness (QED) is 0.873. The number of rotatable bonds is 5. The Labute approximate surface area is 147 Å². The van der Waals surface area contributed by atoms with Crippen LogP contribution in [0.1, 0.15) is 24.7 Å². The van der Waals surface area contributed by atoms with Gasteiger partial charge in [-0.1, -0.05) is 19.1 Å². The Morgan fingerprint density at radius 3 is 3.00 bits per heavy atom. The van der Waals surface area contributed by atoms with E-state index in [1.807, 2.05) is 43.3 Å². The van der Waals surface area contributed by atoms with Crippen LogP contribution in [0.2, 0.25) is 0 Å². The van der Waals surface area contributed by atoms with Crippen molar-refractivity contribution in [1.82, 2.24) is 4.90 Å². The fourth-order valence-electron chi connectivity index (χ4n) is 2.84. The van der Waals surface area contributed by atoms with E-state index in [4.69, 9.17) is 9.15 Å². The number of anilines is 1. The molecule has 1 aromatic carbocycles. The van der Waals surface area contributed by atoms with Crippen LogP contribution in [0.15, 0.2) is 47.1 Å². The number of piperidine rings is 1. The summed E-state index contributed by atoms with van der Waals surface area (Å²) in [7, 11) is 0. The lowest BCUT2D eigenvalue weighted by Crippen LogP contribution is -2.47. The topological polar surface area (TPSA) is 74.9 Å². The van der Waals surface area contributed by atoms with Crippen molar-refractivity contribution in [2.75, 3.05) is 18.4 Å². The van der Waals surface area contributed by atoms with Crippen molar-refractivity contribution in [1.29, 1.82) is 0 Å². The molecule has 0 radical (unpaired) electrons. The third kappa shape index (κ3) is 4.84. The number of furan rings is 1. The largest absolute Gasteiger partial charge is 0.467 e. The van der Waals surface area contributed by atoms with Crippen molar-refractivity contribution < 1.29 is 19.1 Å². The van der Waals surface area contributed by atoms with Gasteiger partial charge in [0.15, 0.2) is 0 Å². The molecule has 0 bridgehead atoms. The van der Waals surface area contributed by atoms with Gasteiger partial charge in [0.1, 0.15) is 12.4 Å². The Kier molecular flexibility index (Phi) is 5.73. The standard InChI is InChI=1S/C19H24N2O4/c1-14-7-8-21(11-18(14)22)19(23)20-16-5-2-4-15(10-16)12-24-13-17-6-3-9-25-17/h2-6,9-10,14,18,22H,7-8,11-13H2,1H3,(H,20,23). The van der Waals surface area contributed by atoms with E-state index >= 15 is 0 Å². The molecule has 2 amide bonds. The molecule has 0 aliphatic carbocycles. The number of urea groups is 1. The first-order valence-electron chi connectivity index (χ1n) is 8.55. The second kappa shape index (κ2) is 8.18. The smallest absolute Gasteiger partial charge is 0.321 e. The molecule has 1 fully saturated rings. The van der Waals surface area contributed by atoms with Crippen LogP contribution in [-0.2, 0) is 18.0 Å². The maximum atomic E-state index is 12.4.